The largest absolute Gasteiger partial charge is 0.496 e. The van der Waals surface area contributed by atoms with E-state index in [9.17, 15) is 19.2 Å². The molecule has 1 heterocycles. The van der Waals surface area contributed by atoms with Gasteiger partial charge in [0.1, 0.15) is 5.75 Å². The van der Waals surface area contributed by atoms with Gasteiger partial charge < -0.3 is 25.0 Å². The molecule has 3 amide bonds. The van der Waals surface area contributed by atoms with Crippen LogP contribution in [0.1, 0.15) is 78.9 Å². The highest BCUT2D eigenvalue weighted by Gasteiger charge is 2.48. The number of para-hydroxylation sites is 1. The maximum absolute atomic E-state index is 14.1. The Labute approximate surface area is 283 Å². The standard InChI is InChI=1S/C37H43N3O6.H2S/c1-25(2)46-33(41)18-22-38-36(44)37(26-11-5-4-6-12-26)21-17-29(28-13-7-9-15-31(28)37)35(43)40-23-19-27(20-24-40)39-34(42)30-14-8-10-16-32(30)45-3;/h4-16,25,27,29H,17-24H2,1-3H3,(H,38,44)(H,39,42);1H2/t29-,37+;/m0./s1. The van der Waals surface area contributed by atoms with Crippen molar-refractivity contribution >= 4 is 37.2 Å². The van der Waals surface area contributed by atoms with Crippen molar-refractivity contribution in [2.75, 3.05) is 26.7 Å². The summed E-state index contributed by atoms with van der Waals surface area (Å²) in [4.78, 5) is 55.2. The van der Waals surface area contributed by atoms with Crippen molar-refractivity contribution in [3.05, 3.63) is 101 Å². The number of rotatable bonds is 10. The Morgan fingerprint density at radius 1 is 0.894 bits per heavy atom. The number of carbonyl (C=O) groups excluding carboxylic acids is 4. The number of esters is 1. The topological polar surface area (TPSA) is 114 Å². The third-order valence-electron chi connectivity index (χ3n) is 9.03. The molecule has 2 atom stereocenters. The van der Waals surface area contributed by atoms with E-state index in [4.69, 9.17) is 9.47 Å². The Balaban J connectivity index is 0.00000500. The van der Waals surface area contributed by atoms with Crippen molar-refractivity contribution in [3.63, 3.8) is 0 Å². The fourth-order valence-electron chi connectivity index (χ4n) is 6.80. The molecule has 0 saturated carbocycles. The molecule has 0 aromatic heterocycles. The van der Waals surface area contributed by atoms with Crippen molar-refractivity contribution in [2.45, 2.75) is 69.4 Å². The molecule has 1 aliphatic carbocycles. The van der Waals surface area contributed by atoms with Crippen LogP contribution in [0.2, 0.25) is 0 Å². The molecule has 0 bridgehead atoms. The highest BCUT2D eigenvalue weighted by molar-refractivity contribution is 7.59. The third-order valence-corrected chi connectivity index (χ3v) is 9.03. The number of nitrogens with zero attached hydrogens (tertiary/aromatic N) is 1. The molecule has 250 valence electrons. The molecule has 47 heavy (non-hydrogen) atoms. The maximum atomic E-state index is 14.1. The molecule has 3 aromatic carbocycles. The van der Waals surface area contributed by atoms with Crippen LogP contribution in [-0.4, -0.2) is 67.5 Å². The average Bonchev–Trinajstić information content (AvgIpc) is 3.07. The minimum Gasteiger partial charge on any atom is -0.496 e. The van der Waals surface area contributed by atoms with E-state index in [1.54, 1.807) is 39.2 Å². The maximum Gasteiger partial charge on any atom is 0.307 e. The molecule has 3 aromatic rings. The summed E-state index contributed by atoms with van der Waals surface area (Å²) in [6.45, 7) is 4.81. The molecule has 1 fully saturated rings. The van der Waals surface area contributed by atoms with Crippen LogP contribution in [0.4, 0.5) is 0 Å². The summed E-state index contributed by atoms with van der Waals surface area (Å²) >= 11 is 0. The van der Waals surface area contributed by atoms with Crippen LogP contribution in [0.15, 0.2) is 78.9 Å². The van der Waals surface area contributed by atoms with E-state index >= 15 is 0 Å². The minimum absolute atomic E-state index is 0. The zero-order valence-electron chi connectivity index (χ0n) is 27.3. The predicted octanol–water partition coefficient (Wildman–Crippen LogP) is 4.85. The van der Waals surface area contributed by atoms with Gasteiger partial charge in [-0.25, -0.2) is 0 Å². The highest BCUT2D eigenvalue weighted by atomic mass is 32.1. The van der Waals surface area contributed by atoms with E-state index in [1.807, 2.05) is 65.6 Å². The van der Waals surface area contributed by atoms with Gasteiger partial charge in [0.05, 0.1) is 36.5 Å². The van der Waals surface area contributed by atoms with Gasteiger partial charge in [-0.15, -0.1) is 0 Å². The van der Waals surface area contributed by atoms with Gasteiger partial charge in [0, 0.05) is 25.7 Å². The van der Waals surface area contributed by atoms with Crippen molar-refractivity contribution in [1.82, 2.24) is 15.5 Å². The number of fused-ring (bicyclic) bond motifs is 1. The second-order valence-corrected chi connectivity index (χ2v) is 12.3. The van der Waals surface area contributed by atoms with Crippen LogP contribution < -0.4 is 15.4 Å². The molecule has 5 rings (SSSR count). The van der Waals surface area contributed by atoms with E-state index in [2.05, 4.69) is 10.6 Å². The smallest absolute Gasteiger partial charge is 0.307 e. The summed E-state index contributed by atoms with van der Waals surface area (Å²) in [5, 5.41) is 6.11. The summed E-state index contributed by atoms with van der Waals surface area (Å²) in [6, 6.07) is 24.5. The van der Waals surface area contributed by atoms with E-state index < -0.39 is 5.41 Å². The van der Waals surface area contributed by atoms with Crippen molar-refractivity contribution in [1.29, 1.82) is 0 Å². The lowest BCUT2D eigenvalue weighted by molar-refractivity contribution is -0.147. The molecule has 0 spiro atoms. The second-order valence-electron chi connectivity index (χ2n) is 12.3. The predicted molar refractivity (Wildman–Crippen MR) is 185 cm³/mol. The number of ether oxygens (including phenoxy) is 2. The fraction of sp³-hybridized carbons (Fsp3) is 0.405. The van der Waals surface area contributed by atoms with Crippen LogP contribution in [0.3, 0.4) is 0 Å². The molecule has 1 aliphatic heterocycles. The lowest BCUT2D eigenvalue weighted by Gasteiger charge is -2.42. The van der Waals surface area contributed by atoms with Gasteiger partial charge in [0.2, 0.25) is 11.8 Å². The van der Waals surface area contributed by atoms with Gasteiger partial charge in [-0.2, -0.15) is 13.5 Å². The Kier molecular flexibility index (Phi) is 12.1. The van der Waals surface area contributed by atoms with Crippen LogP contribution in [0.5, 0.6) is 5.75 Å². The monoisotopic (exact) mass is 659 g/mol. The molecular formula is C37H45N3O6S. The lowest BCUT2D eigenvalue weighted by Crippen LogP contribution is -2.51. The van der Waals surface area contributed by atoms with E-state index in [0.29, 0.717) is 50.1 Å². The molecule has 9 nitrogen and oxygen atoms in total. The zero-order chi connectivity index (χ0) is 32.7. The second kappa shape index (κ2) is 16.0. The van der Waals surface area contributed by atoms with E-state index in [-0.39, 0.29) is 68.2 Å². The summed E-state index contributed by atoms with van der Waals surface area (Å²) in [5.41, 5.74) is 1.99. The SMILES string of the molecule is COc1ccccc1C(=O)NC1CCN(C(=O)[C@H]2CC[C@@](C(=O)NCCC(=O)OC(C)C)(c3ccccc3)c3ccccc32)CC1.S. The number of nitrogens with one attached hydrogen (secondary N) is 2. The van der Waals surface area contributed by atoms with Crippen LogP contribution in [0.25, 0.3) is 0 Å². The quantitative estimate of drug-likeness (QED) is 0.301. The van der Waals surface area contributed by atoms with Crippen LogP contribution in [0, 0.1) is 0 Å². The summed E-state index contributed by atoms with van der Waals surface area (Å²) in [7, 11) is 1.54. The van der Waals surface area contributed by atoms with Gasteiger partial charge in [-0.1, -0.05) is 66.7 Å². The molecule has 0 radical (unpaired) electrons. The number of methoxy groups -OCH3 is 1. The van der Waals surface area contributed by atoms with Gasteiger partial charge >= 0.3 is 5.97 Å². The Hall–Kier alpha value is -4.31. The number of amides is 3. The summed E-state index contributed by atoms with van der Waals surface area (Å²) in [5.74, 6) is -0.557. The first-order valence-electron chi connectivity index (χ1n) is 16.1. The fourth-order valence-corrected chi connectivity index (χ4v) is 6.80. The number of piperidine rings is 1. The van der Waals surface area contributed by atoms with Crippen molar-refractivity contribution < 1.29 is 28.7 Å². The number of hydrogen-bond donors (Lipinski definition) is 2. The van der Waals surface area contributed by atoms with Gasteiger partial charge in [-0.05, 0) is 68.4 Å². The molecule has 2 N–H and O–H groups in total. The summed E-state index contributed by atoms with van der Waals surface area (Å²) < 4.78 is 10.6. The average molecular weight is 660 g/mol. The Morgan fingerprint density at radius 3 is 2.26 bits per heavy atom. The number of hydrogen-bond acceptors (Lipinski definition) is 6. The first-order valence-corrected chi connectivity index (χ1v) is 16.1. The first kappa shape index (κ1) is 35.5. The molecule has 10 heteroatoms. The molecule has 2 aliphatic rings. The Morgan fingerprint density at radius 2 is 1.55 bits per heavy atom. The number of carbonyl (C=O) groups is 4. The third kappa shape index (κ3) is 7.81. The van der Waals surface area contributed by atoms with Crippen molar-refractivity contribution in [3.8, 4) is 5.75 Å². The zero-order valence-corrected chi connectivity index (χ0v) is 28.3. The van der Waals surface area contributed by atoms with E-state index in [1.165, 1.54) is 0 Å². The lowest BCUT2D eigenvalue weighted by atomic mass is 9.62. The number of likely N-dealkylation sites (tertiary alicyclic amines) is 1. The van der Waals surface area contributed by atoms with Gasteiger partial charge in [0.25, 0.3) is 5.91 Å². The van der Waals surface area contributed by atoms with E-state index in [0.717, 1.165) is 16.7 Å². The summed E-state index contributed by atoms with van der Waals surface area (Å²) in [6.07, 6.45) is 2.09. The minimum atomic E-state index is -1.01. The van der Waals surface area contributed by atoms with Gasteiger partial charge in [0.15, 0.2) is 0 Å². The number of benzene rings is 3. The van der Waals surface area contributed by atoms with Crippen molar-refractivity contribution in [2.24, 2.45) is 0 Å². The van der Waals surface area contributed by atoms with Crippen LogP contribution in [-0.2, 0) is 24.5 Å². The molecular weight excluding hydrogens is 614 g/mol. The first-order chi connectivity index (χ1) is 22.2. The highest BCUT2D eigenvalue weighted by Crippen LogP contribution is 2.48. The molecule has 1 saturated heterocycles. The molecule has 0 unspecified atom stereocenters. The van der Waals surface area contributed by atoms with Crippen LogP contribution >= 0.6 is 13.5 Å². The Bertz CT molecular complexity index is 1560. The van der Waals surface area contributed by atoms with Gasteiger partial charge in [-0.3, -0.25) is 19.2 Å². The normalized spacial score (nSPS) is 19.1.